The van der Waals surface area contributed by atoms with Crippen molar-refractivity contribution in [2.24, 2.45) is 5.41 Å². The number of amides is 1. The average molecular weight is 280 g/mol. The molecule has 2 rings (SSSR count). The van der Waals surface area contributed by atoms with Gasteiger partial charge in [0.15, 0.2) is 0 Å². The van der Waals surface area contributed by atoms with Crippen LogP contribution in [0, 0.1) is 5.41 Å². The SMILES string of the molecule is CC1(C)CCC(O)(CNC(=O)Cn2cc(N)cn2)CC1. The number of hydrogen-bond acceptors (Lipinski definition) is 4. The Morgan fingerprint density at radius 2 is 2.10 bits per heavy atom. The standard InChI is InChI=1S/C14H24N4O2/c1-13(2)3-5-14(20,6-4-13)10-16-12(19)9-18-8-11(15)7-17-18/h7-8,20H,3-6,9-10,15H2,1-2H3,(H,16,19). The highest BCUT2D eigenvalue weighted by Crippen LogP contribution is 2.39. The van der Waals surface area contributed by atoms with E-state index < -0.39 is 5.60 Å². The first-order valence-corrected chi connectivity index (χ1v) is 7.05. The molecule has 0 atom stereocenters. The van der Waals surface area contributed by atoms with Crippen LogP contribution in [0.4, 0.5) is 5.69 Å². The molecule has 1 aromatic rings. The van der Waals surface area contributed by atoms with Crippen molar-refractivity contribution in [2.45, 2.75) is 51.7 Å². The van der Waals surface area contributed by atoms with E-state index in [4.69, 9.17) is 5.73 Å². The largest absolute Gasteiger partial charge is 0.396 e. The summed E-state index contributed by atoms with van der Waals surface area (Å²) in [6.07, 6.45) is 6.54. The Morgan fingerprint density at radius 1 is 1.45 bits per heavy atom. The number of rotatable bonds is 4. The predicted octanol–water partition coefficient (Wildman–Crippen LogP) is 0.913. The van der Waals surface area contributed by atoms with E-state index in [0.29, 0.717) is 17.6 Å². The molecule has 112 valence electrons. The molecule has 6 heteroatoms. The quantitative estimate of drug-likeness (QED) is 0.764. The third-order valence-corrected chi connectivity index (χ3v) is 4.11. The van der Waals surface area contributed by atoms with Crippen LogP contribution in [0.2, 0.25) is 0 Å². The lowest BCUT2D eigenvalue weighted by atomic mass is 9.71. The van der Waals surface area contributed by atoms with Gasteiger partial charge >= 0.3 is 0 Å². The summed E-state index contributed by atoms with van der Waals surface area (Å²) >= 11 is 0. The molecule has 1 aliphatic carbocycles. The first-order chi connectivity index (χ1) is 9.28. The lowest BCUT2D eigenvalue weighted by Crippen LogP contribution is -2.47. The number of nitrogens with zero attached hydrogens (tertiary/aromatic N) is 2. The van der Waals surface area contributed by atoms with Crippen molar-refractivity contribution in [1.29, 1.82) is 0 Å². The van der Waals surface area contributed by atoms with Crippen LogP contribution < -0.4 is 11.1 Å². The second-order valence-electron chi connectivity index (χ2n) is 6.64. The molecule has 1 fully saturated rings. The molecule has 0 unspecified atom stereocenters. The van der Waals surface area contributed by atoms with E-state index in [1.165, 1.54) is 10.9 Å². The summed E-state index contributed by atoms with van der Waals surface area (Å²) in [6, 6.07) is 0. The summed E-state index contributed by atoms with van der Waals surface area (Å²) in [7, 11) is 0. The van der Waals surface area contributed by atoms with Gasteiger partial charge in [-0.2, -0.15) is 5.10 Å². The number of carbonyl (C=O) groups excluding carboxylic acids is 1. The van der Waals surface area contributed by atoms with Gasteiger partial charge in [0.1, 0.15) is 6.54 Å². The fourth-order valence-electron chi connectivity index (χ4n) is 2.50. The number of anilines is 1. The van der Waals surface area contributed by atoms with Crippen molar-refractivity contribution in [1.82, 2.24) is 15.1 Å². The minimum absolute atomic E-state index is 0.124. The molecule has 0 saturated heterocycles. The molecule has 1 aliphatic rings. The Labute approximate surface area is 119 Å². The molecular weight excluding hydrogens is 256 g/mol. The Hall–Kier alpha value is -1.56. The summed E-state index contributed by atoms with van der Waals surface area (Å²) in [5.74, 6) is -0.161. The molecule has 1 heterocycles. The van der Waals surface area contributed by atoms with Crippen molar-refractivity contribution in [2.75, 3.05) is 12.3 Å². The van der Waals surface area contributed by atoms with Gasteiger partial charge in [0, 0.05) is 12.7 Å². The Kier molecular flexibility index (Phi) is 4.04. The maximum absolute atomic E-state index is 11.8. The number of nitrogens with one attached hydrogen (secondary N) is 1. The molecule has 0 aromatic carbocycles. The summed E-state index contributed by atoms with van der Waals surface area (Å²) in [4.78, 5) is 11.8. The molecule has 0 aliphatic heterocycles. The zero-order chi connectivity index (χ0) is 14.8. The summed E-state index contributed by atoms with van der Waals surface area (Å²) in [5.41, 5.74) is 5.59. The first-order valence-electron chi connectivity index (χ1n) is 7.05. The summed E-state index contributed by atoms with van der Waals surface area (Å²) in [6.45, 7) is 4.86. The van der Waals surface area contributed by atoms with Gasteiger partial charge in [0.25, 0.3) is 0 Å². The maximum Gasteiger partial charge on any atom is 0.241 e. The third-order valence-electron chi connectivity index (χ3n) is 4.11. The van der Waals surface area contributed by atoms with Crippen LogP contribution in [0.3, 0.4) is 0 Å². The van der Waals surface area contributed by atoms with E-state index >= 15 is 0 Å². The van der Waals surface area contributed by atoms with Crippen molar-refractivity contribution >= 4 is 11.6 Å². The Balaban J connectivity index is 1.78. The van der Waals surface area contributed by atoms with Crippen LogP contribution in [0.25, 0.3) is 0 Å². The summed E-state index contributed by atoms with van der Waals surface area (Å²) < 4.78 is 1.48. The number of nitrogen functional groups attached to an aromatic ring is 1. The minimum Gasteiger partial charge on any atom is -0.396 e. The summed E-state index contributed by atoms with van der Waals surface area (Å²) in [5, 5.41) is 17.2. The lowest BCUT2D eigenvalue weighted by molar-refractivity contribution is -0.123. The van der Waals surface area contributed by atoms with Gasteiger partial charge in [0.2, 0.25) is 5.91 Å². The molecule has 0 bridgehead atoms. The van der Waals surface area contributed by atoms with Crippen molar-refractivity contribution in [3.05, 3.63) is 12.4 Å². The van der Waals surface area contributed by atoms with Crippen LogP contribution in [-0.2, 0) is 11.3 Å². The van der Waals surface area contributed by atoms with E-state index in [-0.39, 0.29) is 12.5 Å². The predicted molar refractivity (Wildman–Crippen MR) is 76.8 cm³/mol. The molecule has 1 saturated carbocycles. The molecule has 0 spiro atoms. The zero-order valence-electron chi connectivity index (χ0n) is 12.2. The third kappa shape index (κ3) is 3.96. The molecule has 1 amide bonds. The van der Waals surface area contributed by atoms with Gasteiger partial charge in [-0.1, -0.05) is 13.8 Å². The van der Waals surface area contributed by atoms with Gasteiger partial charge in [0.05, 0.1) is 17.5 Å². The molecule has 20 heavy (non-hydrogen) atoms. The van der Waals surface area contributed by atoms with E-state index in [9.17, 15) is 9.90 Å². The van der Waals surface area contributed by atoms with Gasteiger partial charge < -0.3 is 16.2 Å². The van der Waals surface area contributed by atoms with Crippen molar-refractivity contribution in [3.63, 3.8) is 0 Å². The Bertz CT molecular complexity index is 471. The minimum atomic E-state index is -0.770. The fraction of sp³-hybridized carbons (Fsp3) is 0.714. The van der Waals surface area contributed by atoms with E-state index in [2.05, 4.69) is 24.3 Å². The van der Waals surface area contributed by atoms with E-state index in [1.54, 1.807) is 6.20 Å². The molecule has 1 aromatic heterocycles. The highest BCUT2D eigenvalue weighted by molar-refractivity contribution is 5.75. The van der Waals surface area contributed by atoms with Crippen LogP contribution in [-0.4, -0.2) is 32.9 Å². The highest BCUT2D eigenvalue weighted by atomic mass is 16.3. The lowest BCUT2D eigenvalue weighted by Gasteiger charge is -2.40. The topological polar surface area (TPSA) is 93.2 Å². The first kappa shape index (κ1) is 14.8. The smallest absolute Gasteiger partial charge is 0.241 e. The second kappa shape index (κ2) is 5.44. The number of hydrogen-bond donors (Lipinski definition) is 3. The van der Waals surface area contributed by atoms with Crippen LogP contribution in [0.5, 0.6) is 0 Å². The normalized spacial score (nSPS) is 20.6. The number of aromatic nitrogens is 2. The van der Waals surface area contributed by atoms with Gasteiger partial charge in [-0.3, -0.25) is 9.48 Å². The highest BCUT2D eigenvalue weighted by Gasteiger charge is 2.36. The fourth-order valence-corrected chi connectivity index (χ4v) is 2.50. The van der Waals surface area contributed by atoms with Crippen molar-refractivity contribution in [3.8, 4) is 0 Å². The monoisotopic (exact) mass is 280 g/mol. The number of aliphatic hydroxyl groups is 1. The van der Waals surface area contributed by atoms with Gasteiger partial charge in [-0.05, 0) is 31.1 Å². The second-order valence-corrected chi connectivity index (χ2v) is 6.64. The van der Waals surface area contributed by atoms with Gasteiger partial charge in [-0.15, -0.1) is 0 Å². The zero-order valence-corrected chi connectivity index (χ0v) is 12.2. The van der Waals surface area contributed by atoms with Crippen LogP contribution in [0.15, 0.2) is 12.4 Å². The molecular formula is C14H24N4O2. The molecule has 6 nitrogen and oxygen atoms in total. The van der Waals surface area contributed by atoms with Crippen molar-refractivity contribution < 1.29 is 9.90 Å². The molecule has 4 N–H and O–H groups in total. The van der Waals surface area contributed by atoms with Crippen LogP contribution in [0.1, 0.15) is 39.5 Å². The maximum atomic E-state index is 11.8. The van der Waals surface area contributed by atoms with E-state index in [0.717, 1.165) is 25.7 Å². The number of nitrogens with two attached hydrogens (primary N) is 1. The molecule has 0 radical (unpaired) electrons. The van der Waals surface area contributed by atoms with E-state index in [1.807, 2.05) is 0 Å². The average Bonchev–Trinajstić information content (AvgIpc) is 2.77. The van der Waals surface area contributed by atoms with Crippen LogP contribution >= 0.6 is 0 Å². The van der Waals surface area contributed by atoms with Gasteiger partial charge in [-0.25, -0.2) is 0 Å². The number of carbonyl (C=O) groups is 1. The Morgan fingerprint density at radius 3 is 2.65 bits per heavy atom.